The number of hydrogen-bond donors (Lipinski definition) is 3. The number of carbonyl (C=O) groups is 2. The van der Waals surface area contributed by atoms with E-state index in [1.165, 1.54) is 0 Å². The second-order valence-corrected chi connectivity index (χ2v) is 5.60. The first-order valence-corrected chi connectivity index (χ1v) is 7.21. The summed E-state index contributed by atoms with van der Waals surface area (Å²) in [7, 11) is 1.74. The number of aromatic nitrogens is 3. The lowest BCUT2D eigenvalue weighted by molar-refractivity contribution is 0.0840. The third-order valence-corrected chi connectivity index (χ3v) is 3.61. The summed E-state index contributed by atoms with van der Waals surface area (Å²) < 4.78 is 2.43. The Kier molecular flexibility index (Phi) is 3.68. The number of halogens is 1. The molecule has 0 aliphatic carbocycles. The molecule has 0 fully saturated rings. The van der Waals surface area contributed by atoms with E-state index in [2.05, 4.69) is 37.0 Å². The highest BCUT2D eigenvalue weighted by atomic mass is 79.9. The van der Waals surface area contributed by atoms with Gasteiger partial charge in [0.25, 0.3) is 11.8 Å². The molecule has 0 radical (unpaired) electrons. The van der Waals surface area contributed by atoms with Crippen molar-refractivity contribution in [2.24, 2.45) is 7.05 Å². The molecule has 112 valence electrons. The Hall–Kier alpha value is -2.61. The van der Waals surface area contributed by atoms with Gasteiger partial charge in [0.15, 0.2) is 5.69 Å². The predicted octanol–water partition coefficient (Wildman–Crippen LogP) is 1.74. The van der Waals surface area contributed by atoms with Crippen molar-refractivity contribution in [2.75, 3.05) is 0 Å². The molecule has 0 atom stereocenters. The molecule has 0 saturated carbocycles. The Morgan fingerprint density at radius 1 is 1.23 bits per heavy atom. The Labute approximate surface area is 133 Å². The Morgan fingerprint density at radius 3 is 2.68 bits per heavy atom. The highest BCUT2D eigenvalue weighted by Crippen LogP contribution is 2.15. The number of nitrogens with zero attached hydrogens (tertiary/aromatic N) is 2. The molecule has 3 aromatic rings. The average Bonchev–Trinajstić information content (AvgIpc) is 3.07. The second kappa shape index (κ2) is 5.64. The van der Waals surface area contributed by atoms with Crippen LogP contribution in [0.5, 0.6) is 0 Å². The van der Waals surface area contributed by atoms with Crippen molar-refractivity contribution in [3.8, 4) is 0 Å². The van der Waals surface area contributed by atoms with Crippen LogP contribution in [-0.2, 0) is 7.05 Å². The zero-order chi connectivity index (χ0) is 15.7. The van der Waals surface area contributed by atoms with Gasteiger partial charge in [-0.15, -0.1) is 0 Å². The van der Waals surface area contributed by atoms with Crippen molar-refractivity contribution >= 4 is 38.6 Å². The van der Waals surface area contributed by atoms with Crippen LogP contribution in [0.1, 0.15) is 21.0 Å². The first kappa shape index (κ1) is 14.3. The number of para-hydroxylation sites is 1. The lowest BCUT2D eigenvalue weighted by atomic mass is 10.2. The number of hydrogen-bond acceptors (Lipinski definition) is 3. The smallest absolute Gasteiger partial charge is 0.290 e. The van der Waals surface area contributed by atoms with Crippen LogP contribution in [0.3, 0.4) is 0 Å². The molecule has 22 heavy (non-hydrogen) atoms. The minimum atomic E-state index is -0.487. The van der Waals surface area contributed by atoms with Crippen LogP contribution in [0, 0.1) is 0 Å². The first-order chi connectivity index (χ1) is 10.6. The molecule has 0 unspecified atom stereocenters. The zero-order valence-corrected chi connectivity index (χ0v) is 13.1. The SMILES string of the molecule is Cn1cc(Br)cc1C(=O)NNC(=O)c1n[nH]c2ccccc12. The summed E-state index contributed by atoms with van der Waals surface area (Å²) in [6.45, 7) is 0. The number of amides is 2. The minimum absolute atomic E-state index is 0.226. The molecule has 1 aromatic carbocycles. The van der Waals surface area contributed by atoms with Gasteiger partial charge in [-0.1, -0.05) is 18.2 Å². The first-order valence-electron chi connectivity index (χ1n) is 6.42. The second-order valence-electron chi connectivity index (χ2n) is 4.68. The van der Waals surface area contributed by atoms with E-state index in [-0.39, 0.29) is 5.69 Å². The van der Waals surface area contributed by atoms with Gasteiger partial charge in [-0.2, -0.15) is 5.10 Å². The molecule has 0 aliphatic heterocycles. The van der Waals surface area contributed by atoms with Gasteiger partial charge >= 0.3 is 0 Å². The molecule has 0 spiro atoms. The summed E-state index contributed by atoms with van der Waals surface area (Å²) in [5.74, 6) is -0.902. The summed E-state index contributed by atoms with van der Waals surface area (Å²) >= 11 is 3.29. The summed E-state index contributed by atoms with van der Waals surface area (Å²) in [6, 6.07) is 8.92. The number of rotatable bonds is 2. The number of carbonyl (C=O) groups excluding carboxylic acids is 2. The monoisotopic (exact) mass is 361 g/mol. The Morgan fingerprint density at radius 2 is 1.95 bits per heavy atom. The maximum Gasteiger partial charge on any atom is 0.290 e. The topological polar surface area (TPSA) is 91.8 Å². The van der Waals surface area contributed by atoms with Gasteiger partial charge in [-0.25, -0.2) is 0 Å². The van der Waals surface area contributed by atoms with E-state index in [0.717, 1.165) is 9.99 Å². The van der Waals surface area contributed by atoms with Crippen molar-refractivity contribution < 1.29 is 9.59 Å². The standard InChI is InChI=1S/C14H12BrN5O2/c1-20-7-8(15)6-11(20)13(21)18-19-14(22)12-9-4-2-3-5-10(9)16-17-12/h2-7H,1H3,(H,16,17)(H,18,21)(H,19,22). The average molecular weight is 362 g/mol. The molecule has 0 aliphatic rings. The molecule has 2 heterocycles. The number of aryl methyl sites for hydroxylation is 1. The quantitative estimate of drug-likeness (QED) is 0.607. The van der Waals surface area contributed by atoms with Gasteiger partial charge in [0.05, 0.1) is 5.52 Å². The van der Waals surface area contributed by atoms with E-state index < -0.39 is 11.8 Å². The van der Waals surface area contributed by atoms with Crippen molar-refractivity contribution in [3.05, 3.63) is 52.4 Å². The predicted molar refractivity (Wildman–Crippen MR) is 84.1 cm³/mol. The molecular weight excluding hydrogens is 350 g/mol. The van der Waals surface area contributed by atoms with Gasteiger partial charge in [0, 0.05) is 23.1 Å². The lowest BCUT2D eigenvalue weighted by Gasteiger charge is -2.06. The fourth-order valence-electron chi connectivity index (χ4n) is 2.12. The number of nitrogens with one attached hydrogen (secondary N) is 3. The molecule has 2 amide bonds. The molecular formula is C14H12BrN5O2. The summed E-state index contributed by atoms with van der Waals surface area (Å²) in [5, 5.41) is 7.42. The van der Waals surface area contributed by atoms with Crippen LogP contribution in [0.15, 0.2) is 41.0 Å². The highest BCUT2D eigenvalue weighted by Gasteiger charge is 2.16. The van der Waals surface area contributed by atoms with E-state index in [1.807, 2.05) is 18.2 Å². The Balaban J connectivity index is 1.72. The van der Waals surface area contributed by atoms with E-state index in [9.17, 15) is 9.59 Å². The molecule has 0 bridgehead atoms. The third kappa shape index (κ3) is 2.60. The molecule has 3 rings (SSSR count). The molecule has 3 N–H and O–H groups in total. The minimum Gasteiger partial charge on any atom is -0.345 e. The van der Waals surface area contributed by atoms with Gasteiger partial charge in [-0.3, -0.25) is 25.5 Å². The highest BCUT2D eigenvalue weighted by molar-refractivity contribution is 9.10. The van der Waals surface area contributed by atoms with Gasteiger partial charge < -0.3 is 4.57 Å². The van der Waals surface area contributed by atoms with Crippen LogP contribution < -0.4 is 10.9 Å². The fourth-order valence-corrected chi connectivity index (χ4v) is 2.65. The third-order valence-electron chi connectivity index (χ3n) is 3.18. The zero-order valence-electron chi connectivity index (χ0n) is 11.6. The number of hydrazine groups is 1. The van der Waals surface area contributed by atoms with E-state index in [0.29, 0.717) is 11.1 Å². The number of benzene rings is 1. The fraction of sp³-hybridized carbons (Fsp3) is 0.0714. The number of H-pyrrole nitrogens is 1. The van der Waals surface area contributed by atoms with Crippen LogP contribution in [0.25, 0.3) is 10.9 Å². The van der Waals surface area contributed by atoms with Crippen LogP contribution >= 0.6 is 15.9 Å². The maximum absolute atomic E-state index is 12.1. The summed E-state index contributed by atoms with van der Waals surface area (Å²) in [5.41, 5.74) is 6.13. The number of fused-ring (bicyclic) bond motifs is 1. The maximum atomic E-state index is 12.1. The molecule has 8 heteroatoms. The normalized spacial score (nSPS) is 10.6. The van der Waals surface area contributed by atoms with Gasteiger partial charge in [0.2, 0.25) is 0 Å². The summed E-state index contributed by atoms with van der Waals surface area (Å²) in [6.07, 6.45) is 1.75. The summed E-state index contributed by atoms with van der Waals surface area (Å²) in [4.78, 5) is 24.1. The van der Waals surface area contributed by atoms with Crippen molar-refractivity contribution in [3.63, 3.8) is 0 Å². The van der Waals surface area contributed by atoms with Crippen LogP contribution in [0.4, 0.5) is 0 Å². The lowest BCUT2D eigenvalue weighted by Crippen LogP contribution is -2.42. The van der Waals surface area contributed by atoms with Crippen molar-refractivity contribution in [1.82, 2.24) is 25.6 Å². The molecule has 0 saturated heterocycles. The number of aromatic amines is 1. The van der Waals surface area contributed by atoms with Crippen molar-refractivity contribution in [1.29, 1.82) is 0 Å². The van der Waals surface area contributed by atoms with E-state index in [1.54, 1.807) is 29.9 Å². The van der Waals surface area contributed by atoms with E-state index >= 15 is 0 Å². The van der Waals surface area contributed by atoms with Crippen LogP contribution in [0.2, 0.25) is 0 Å². The largest absolute Gasteiger partial charge is 0.345 e. The van der Waals surface area contributed by atoms with Crippen molar-refractivity contribution in [2.45, 2.75) is 0 Å². The van der Waals surface area contributed by atoms with Gasteiger partial charge in [-0.05, 0) is 28.1 Å². The molecule has 2 aromatic heterocycles. The Bertz CT molecular complexity index is 867. The van der Waals surface area contributed by atoms with Gasteiger partial charge in [0.1, 0.15) is 5.69 Å². The molecule has 7 nitrogen and oxygen atoms in total. The van der Waals surface area contributed by atoms with E-state index in [4.69, 9.17) is 0 Å². The van der Waals surface area contributed by atoms with Crippen LogP contribution in [-0.4, -0.2) is 26.6 Å².